The van der Waals surface area contributed by atoms with Crippen molar-refractivity contribution in [3.63, 3.8) is 0 Å². The zero-order valence-electron chi connectivity index (χ0n) is 10.2. The van der Waals surface area contributed by atoms with Crippen molar-refractivity contribution in [1.82, 2.24) is 4.98 Å². The molecule has 0 spiro atoms. The summed E-state index contributed by atoms with van der Waals surface area (Å²) in [6.45, 7) is 0. The van der Waals surface area contributed by atoms with Crippen molar-refractivity contribution < 1.29 is 19.4 Å². The maximum atomic E-state index is 11.6. The van der Waals surface area contributed by atoms with Gasteiger partial charge in [-0.15, -0.1) is 0 Å². The normalized spacial score (nSPS) is 9.83. The van der Waals surface area contributed by atoms with Crippen LogP contribution in [0.15, 0.2) is 18.3 Å². The molecule has 0 atom stereocenters. The fourth-order valence-corrected chi connectivity index (χ4v) is 1.42. The van der Waals surface area contributed by atoms with E-state index < -0.39 is 5.97 Å². The molecule has 1 aromatic heterocycles. The van der Waals surface area contributed by atoms with E-state index in [1.165, 1.54) is 7.11 Å². The van der Waals surface area contributed by atoms with Crippen LogP contribution in [-0.2, 0) is 9.59 Å². The van der Waals surface area contributed by atoms with Crippen LogP contribution in [0, 0.1) is 0 Å². The average Bonchev–Trinajstić information content (AvgIpc) is 2.35. The highest BCUT2D eigenvalue weighted by atomic mass is 16.5. The number of methoxy groups -OCH3 is 1. The Bertz CT molecular complexity index is 420. The van der Waals surface area contributed by atoms with Gasteiger partial charge in [-0.25, -0.2) is 4.98 Å². The molecular formula is C12H16N2O4. The van der Waals surface area contributed by atoms with Crippen LogP contribution in [-0.4, -0.2) is 29.1 Å². The summed E-state index contributed by atoms with van der Waals surface area (Å²) >= 11 is 0. The minimum atomic E-state index is -0.843. The number of nitrogens with zero attached hydrogens (tertiary/aromatic N) is 1. The summed E-state index contributed by atoms with van der Waals surface area (Å²) in [6.07, 6.45) is 2.98. The molecule has 0 saturated heterocycles. The molecule has 0 aliphatic rings. The Balaban J connectivity index is 2.37. The lowest BCUT2D eigenvalue weighted by Crippen LogP contribution is -2.12. The Morgan fingerprint density at radius 2 is 2.11 bits per heavy atom. The molecule has 0 bridgehead atoms. The Kier molecular flexibility index (Phi) is 5.63. The molecule has 6 nitrogen and oxygen atoms in total. The smallest absolute Gasteiger partial charge is 0.303 e. The number of pyridine rings is 1. The first-order valence-electron chi connectivity index (χ1n) is 5.64. The molecule has 0 aliphatic carbocycles. The minimum absolute atomic E-state index is 0.0868. The number of anilines is 1. The van der Waals surface area contributed by atoms with Crippen LogP contribution in [0.3, 0.4) is 0 Å². The first kappa shape index (κ1) is 14.0. The molecule has 0 aliphatic heterocycles. The van der Waals surface area contributed by atoms with E-state index in [4.69, 9.17) is 9.84 Å². The number of aromatic nitrogens is 1. The molecule has 98 valence electrons. The maximum absolute atomic E-state index is 11.6. The number of amides is 1. The van der Waals surface area contributed by atoms with Crippen LogP contribution in [0.25, 0.3) is 0 Å². The molecule has 1 heterocycles. The molecule has 0 saturated carbocycles. The average molecular weight is 252 g/mol. The van der Waals surface area contributed by atoms with E-state index >= 15 is 0 Å². The van der Waals surface area contributed by atoms with E-state index in [2.05, 4.69) is 10.3 Å². The predicted molar refractivity (Wildman–Crippen MR) is 65.5 cm³/mol. The topological polar surface area (TPSA) is 88.5 Å². The van der Waals surface area contributed by atoms with Crippen LogP contribution < -0.4 is 10.1 Å². The zero-order chi connectivity index (χ0) is 13.4. The number of hydrogen-bond acceptors (Lipinski definition) is 4. The van der Waals surface area contributed by atoms with Crippen molar-refractivity contribution in [2.45, 2.75) is 25.7 Å². The number of carboxylic acids is 1. The van der Waals surface area contributed by atoms with E-state index in [0.29, 0.717) is 24.4 Å². The van der Waals surface area contributed by atoms with Crippen molar-refractivity contribution in [3.8, 4) is 5.88 Å². The van der Waals surface area contributed by atoms with Gasteiger partial charge in [-0.05, 0) is 25.0 Å². The number of carboxylic acid groups (broad SMARTS) is 1. The maximum Gasteiger partial charge on any atom is 0.303 e. The molecular weight excluding hydrogens is 236 g/mol. The highest BCUT2D eigenvalue weighted by Crippen LogP contribution is 2.20. The van der Waals surface area contributed by atoms with E-state index in [-0.39, 0.29) is 18.7 Å². The molecule has 0 radical (unpaired) electrons. The number of aliphatic carboxylic acids is 1. The van der Waals surface area contributed by atoms with Crippen LogP contribution in [0.5, 0.6) is 5.88 Å². The van der Waals surface area contributed by atoms with Crippen molar-refractivity contribution in [2.24, 2.45) is 0 Å². The Morgan fingerprint density at radius 1 is 1.39 bits per heavy atom. The second-order valence-electron chi connectivity index (χ2n) is 3.71. The van der Waals surface area contributed by atoms with Crippen molar-refractivity contribution in [1.29, 1.82) is 0 Å². The van der Waals surface area contributed by atoms with Gasteiger partial charge in [-0.3, -0.25) is 9.59 Å². The van der Waals surface area contributed by atoms with Crippen molar-refractivity contribution >= 4 is 17.6 Å². The lowest BCUT2D eigenvalue weighted by atomic mass is 10.2. The number of rotatable bonds is 7. The lowest BCUT2D eigenvalue weighted by Gasteiger charge is -2.08. The monoisotopic (exact) mass is 252 g/mol. The number of nitrogens with one attached hydrogen (secondary N) is 1. The Morgan fingerprint density at radius 3 is 2.78 bits per heavy atom. The molecule has 1 rings (SSSR count). The number of ether oxygens (including phenoxy) is 1. The zero-order valence-corrected chi connectivity index (χ0v) is 10.2. The lowest BCUT2D eigenvalue weighted by molar-refractivity contribution is -0.137. The van der Waals surface area contributed by atoms with Crippen molar-refractivity contribution in [2.75, 3.05) is 12.4 Å². The van der Waals surface area contributed by atoms with Crippen LogP contribution >= 0.6 is 0 Å². The summed E-state index contributed by atoms with van der Waals surface area (Å²) in [5.74, 6) is -0.660. The summed E-state index contributed by atoms with van der Waals surface area (Å²) in [7, 11) is 1.48. The molecule has 0 unspecified atom stereocenters. The highest BCUT2D eigenvalue weighted by Gasteiger charge is 2.07. The van der Waals surface area contributed by atoms with Gasteiger partial charge in [0.15, 0.2) is 0 Å². The third kappa shape index (κ3) is 4.82. The molecule has 18 heavy (non-hydrogen) atoms. The number of unbranched alkanes of at least 4 members (excludes halogenated alkanes) is 1. The molecule has 0 fully saturated rings. The SMILES string of the molecule is COc1ncccc1NC(=O)CCCCC(=O)O. The van der Waals surface area contributed by atoms with Gasteiger partial charge in [0.1, 0.15) is 5.69 Å². The molecule has 1 aromatic rings. The van der Waals surface area contributed by atoms with E-state index in [0.717, 1.165) is 0 Å². The van der Waals surface area contributed by atoms with Gasteiger partial charge in [-0.1, -0.05) is 0 Å². The van der Waals surface area contributed by atoms with Gasteiger partial charge in [-0.2, -0.15) is 0 Å². The quantitative estimate of drug-likeness (QED) is 0.721. The van der Waals surface area contributed by atoms with Gasteiger partial charge >= 0.3 is 5.97 Å². The third-order valence-corrected chi connectivity index (χ3v) is 2.28. The van der Waals surface area contributed by atoms with E-state index in [1.807, 2.05) is 0 Å². The van der Waals surface area contributed by atoms with Crippen LogP contribution in [0.4, 0.5) is 5.69 Å². The fraction of sp³-hybridized carbons (Fsp3) is 0.417. The summed E-state index contributed by atoms with van der Waals surface area (Å²) in [4.78, 5) is 25.8. The third-order valence-electron chi connectivity index (χ3n) is 2.28. The molecule has 1 amide bonds. The first-order valence-corrected chi connectivity index (χ1v) is 5.64. The minimum Gasteiger partial charge on any atom is -0.481 e. The van der Waals surface area contributed by atoms with Gasteiger partial charge in [0.05, 0.1) is 7.11 Å². The van der Waals surface area contributed by atoms with Gasteiger partial charge in [0, 0.05) is 19.0 Å². The second kappa shape index (κ2) is 7.26. The number of carbonyl (C=O) groups excluding carboxylic acids is 1. The number of carbonyl (C=O) groups is 2. The van der Waals surface area contributed by atoms with Gasteiger partial charge in [0.2, 0.25) is 11.8 Å². The largest absolute Gasteiger partial charge is 0.481 e. The molecule has 2 N–H and O–H groups in total. The summed E-state index contributed by atoms with van der Waals surface area (Å²) in [5, 5.41) is 11.1. The van der Waals surface area contributed by atoms with Gasteiger partial charge < -0.3 is 15.2 Å². The summed E-state index contributed by atoms with van der Waals surface area (Å²) in [6, 6.07) is 3.39. The van der Waals surface area contributed by atoms with Gasteiger partial charge in [0.25, 0.3) is 0 Å². The summed E-state index contributed by atoms with van der Waals surface area (Å²) in [5.41, 5.74) is 0.517. The fourth-order valence-electron chi connectivity index (χ4n) is 1.42. The number of hydrogen-bond donors (Lipinski definition) is 2. The Labute approximate surface area is 105 Å². The van der Waals surface area contributed by atoms with Crippen LogP contribution in [0.1, 0.15) is 25.7 Å². The summed E-state index contributed by atoms with van der Waals surface area (Å²) < 4.78 is 5.00. The van der Waals surface area contributed by atoms with E-state index in [1.54, 1.807) is 18.3 Å². The standard InChI is InChI=1S/C12H16N2O4/c1-18-12-9(5-4-8-13-12)14-10(15)6-2-3-7-11(16)17/h4-5,8H,2-3,6-7H2,1H3,(H,14,15)(H,16,17). The predicted octanol–water partition coefficient (Wildman–Crippen LogP) is 1.67. The first-order chi connectivity index (χ1) is 8.63. The van der Waals surface area contributed by atoms with E-state index in [9.17, 15) is 9.59 Å². The molecule has 0 aromatic carbocycles. The van der Waals surface area contributed by atoms with Crippen LogP contribution in [0.2, 0.25) is 0 Å². The van der Waals surface area contributed by atoms with Crippen molar-refractivity contribution in [3.05, 3.63) is 18.3 Å². The Hall–Kier alpha value is -2.11. The molecule has 6 heteroatoms. The second-order valence-corrected chi connectivity index (χ2v) is 3.71. The highest BCUT2D eigenvalue weighted by molar-refractivity contribution is 5.91.